The van der Waals surface area contributed by atoms with E-state index in [1.807, 2.05) is 26.8 Å². The number of benzene rings is 1. The van der Waals surface area contributed by atoms with E-state index in [-0.39, 0.29) is 12.0 Å². The van der Waals surface area contributed by atoms with Crippen molar-refractivity contribution in [3.05, 3.63) is 29.3 Å². The van der Waals surface area contributed by atoms with Crippen molar-refractivity contribution in [2.45, 2.75) is 39.2 Å². The van der Waals surface area contributed by atoms with Crippen LogP contribution < -0.4 is 4.74 Å². The zero-order valence-corrected chi connectivity index (χ0v) is 16.3. The topological polar surface area (TPSA) is 88.9 Å². The predicted octanol–water partition coefficient (Wildman–Crippen LogP) is 3.37. The maximum absolute atomic E-state index is 12.1. The summed E-state index contributed by atoms with van der Waals surface area (Å²) in [5, 5.41) is 9.28. The summed E-state index contributed by atoms with van der Waals surface area (Å²) in [7, 11) is 1.29. The number of amides is 1. The molecule has 1 amide bonds. The van der Waals surface area contributed by atoms with Crippen molar-refractivity contribution in [1.82, 2.24) is 4.90 Å². The SMILES string of the molecule is COC(=O)c1ccc(OCC2CCN(C(=O)OC(C)(C)C)CC2)c(C#N)c1. The van der Waals surface area contributed by atoms with Crippen molar-refractivity contribution < 1.29 is 23.8 Å². The third-order valence-electron chi connectivity index (χ3n) is 4.26. The predicted molar refractivity (Wildman–Crippen MR) is 98.5 cm³/mol. The van der Waals surface area contributed by atoms with E-state index in [4.69, 9.17) is 9.47 Å². The van der Waals surface area contributed by atoms with E-state index < -0.39 is 11.6 Å². The van der Waals surface area contributed by atoms with Gasteiger partial charge in [-0.05, 0) is 57.7 Å². The quantitative estimate of drug-likeness (QED) is 0.751. The van der Waals surface area contributed by atoms with Gasteiger partial charge in [0, 0.05) is 13.1 Å². The van der Waals surface area contributed by atoms with Crippen molar-refractivity contribution in [3.8, 4) is 11.8 Å². The van der Waals surface area contributed by atoms with Gasteiger partial charge < -0.3 is 19.1 Å². The van der Waals surface area contributed by atoms with Crippen LogP contribution in [0, 0.1) is 17.2 Å². The molecule has 7 nitrogen and oxygen atoms in total. The number of esters is 1. The van der Waals surface area contributed by atoms with E-state index in [2.05, 4.69) is 4.74 Å². The molecule has 2 rings (SSSR count). The summed E-state index contributed by atoms with van der Waals surface area (Å²) in [6.45, 7) is 7.25. The molecule has 0 N–H and O–H groups in total. The number of likely N-dealkylation sites (tertiary alicyclic amines) is 1. The zero-order chi connectivity index (χ0) is 20.0. The van der Waals surface area contributed by atoms with Crippen molar-refractivity contribution in [2.24, 2.45) is 5.92 Å². The molecule has 0 aromatic heterocycles. The molecule has 1 aliphatic rings. The highest BCUT2D eigenvalue weighted by Crippen LogP contribution is 2.24. The van der Waals surface area contributed by atoms with E-state index in [0.717, 1.165) is 12.8 Å². The third-order valence-corrected chi connectivity index (χ3v) is 4.26. The second kappa shape index (κ2) is 8.76. The number of carbonyl (C=O) groups excluding carboxylic acids is 2. The number of hydrogen-bond acceptors (Lipinski definition) is 6. The Morgan fingerprint density at radius 2 is 1.93 bits per heavy atom. The number of rotatable bonds is 4. The van der Waals surface area contributed by atoms with Gasteiger partial charge in [0.05, 0.1) is 24.8 Å². The lowest BCUT2D eigenvalue weighted by Gasteiger charge is -2.33. The van der Waals surface area contributed by atoms with E-state index in [1.54, 1.807) is 17.0 Å². The van der Waals surface area contributed by atoms with Crippen LogP contribution >= 0.6 is 0 Å². The van der Waals surface area contributed by atoms with E-state index in [0.29, 0.717) is 36.6 Å². The molecular weight excluding hydrogens is 348 g/mol. The molecule has 1 aromatic rings. The van der Waals surface area contributed by atoms with Crippen LogP contribution in [0.3, 0.4) is 0 Å². The van der Waals surface area contributed by atoms with Crippen LogP contribution in [0.4, 0.5) is 4.79 Å². The molecule has 0 radical (unpaired) electrons. The van der Waals surface area contributed by atoms with Gasteiger partial charge in [-0.1, -0.05) is 0 Å². The summed E-state index contributed by atoms with van der Waals surface area (Å²) in [5.74, 6) is 0.239. The van der Waals surface area contributed by atoms with Crippen LogP contribution in [0.15, 0.2) is 18.2 Å². The maximum atomic E-state index is 12.1. The van der Waals surface area contributed by atoms with Crippen molar-refractivity contribution in [1.29, 1.82) is 5.26 Å². The summed E-state index contributed by atoms with van der Waals surface area (Å²) in [4.78, 5) is 25.4. The molecule has 1 fully saturated rings. The van der Waals surface area contributed by atoms with Crippen molar-refractivity contribution in [2.75, 3.05) is 26.8 Å². The first-order valence-electron chi connectivity index (χ1n) is 8.96. The Kier molecular flexibility index (Phi) is 6.67. The highest BCUT2D eigenvalue weighted by molar-refractivity contribution is 5.90. The van der Waals surface area contributed by atoms with Crippen LogP contribution in [0.5, 0.6) is 5.75 Å². The molecule has 27 heavy (non-hydrogen) atoms. The fourth-order valence-electron chi connectivity index (χ4n) is 2.80. The number of methoxy groups -OCH3 is 1. The number of hydrogen-bond donors (Lipinski definition) is 0. The highest BCUT2D eigenvalue weighted by Gasteiger charge is 2.27. The second-order valence-electron chi connectivity index (χ2n) is 7.54. The zero-order valence-electron chi connectivity index (χ0n) is 16.3. The Balaban J connectivity index is 1.87. The van der Waals surface area contributed by atoms with Gasteiger partial charge in [0.25, 0.3) is 0 Å². The Bertz CT molecular complexity index is 725. The van der Waals surface area contributed by atoms with Crippen molar-refractivity contribution >= 4 is 12.1 Å². The van der Waals surface area contributed by atoms with Gasteiger partial charge in [0.2, 0.25) is 0 Å². The first-order chi connectivity index (χ1) is 12.7. The number of nitrogens with zero attached hydrogens (tertiary/aromatic N) is 2. The largest absolute Gasteiger partial charge is 0.492 e. The van der Waals surface area contributed by atoms with Crippen LogP contribution in [0.25, 0.3) is 0 Å². The molecule has 1 aromatic carbocycles. The van der Waals surface area contributed by atoms with E-state index >= 15 is 0 Å². The minimum atomic E-state index is -0.499. The van der Waals surface area contributed by atoms with Crippen molar-refractivity contribution in [3.63, 3.8) is 0 Å². The molecule has 7 heteroatoms. The fraction of sp³-hybridized carbons (Fsp3) is 0.550. The lowest BCUT2D eigenvalue weighted by molar-refractivity contribution is 0.0164. The Morgan fingerprint density at radius 3 is 2.48 bits per heavy atom. The van der Waals surface area contributed by atoms with E-state index in [9.17, 15) is 14.9 Å². The van der Waals surface area contributed by atoms with Gasteiger partial charge in [-0.25, -0.2) is 9.59 Å². The van der Waals surface area contributed by atoms with Gasteiger partial charge in [-0.15, -0.1) is 0 Å². The van der Waals surface area contributed by atoms with Crippen LogP contribution in [0.1, 0.15) is 49.5 Å². The summed E-state index contributed by atoms with van der Waals surface area (Å²) in [6.07, 6.45) is 1.33. The maximum Gasteiger partial charge on any atom is 0.410 e. The summed E-state index contributed by atoms with van der Waals surface area (Å²) < 4.78 is 15.9. The third kappa shape index (κ3) is 5.88. The summed E-state index contributed by atoms with van der Waals surface area (Å²) >= 11 is 0. The molecule has 1 aliphatic heterocycles. The monoisotopic (exact) mass is 374 g/mol. The number of carbonyl (C=O) groups is 2. The molecule has 1 heterocycles. The molecule has 0 spiro atoms. The molecule has 0 unspecified atom stereocenters. The first kappa shape index (κ1) is 20.6. The second-order valence-corrected chi connectivity index (χ2v) is 7.54. The van der Waals surface area contributed by atoms with Crippen LogP contribution in [0.2, 0.25) is 0 Å². The minimum absolute atomic E-state index is 0.285. The first-order valence-corrected chi connectivity index (χ1v) is 8.96. The minimum Gasteiger partial charge on any atom is -0.492 e. The fourth-order valence-corrected chi connectivity index (χ4v) is 2.80. The number of piperidine rings is 1. The number of nitriles is 1. The number of ether oxygens (including phenoxy) is 3. The summed E-state index contributed by atoms with van der Waals surface area (Å²) in [5.41, 5.74) is 0.109. The van der Waals surface area contributed by atoms with Gasteiger partial charge in [-0.3, -0.25) is 0 Å². The average molecular weight is 374 g/mol. The van der Waals surface area contributed by atoms with Gasteiger partial charge in [0.1, 0.15) is 17.4 Å². The molecule has 1 saturated heterocycles. The Hall–Kier alpha value is -2.75. The molecule has 146 valence electrons. The standard InChI is InChI=1S/C20H26N2O5/c1-20(2,3)27-19(24)22-9-7-14(8-10-22)13-26-17-6-5-15(18(23)25-4)11-16(17)12-21/h5-6,11,14H,7-10,13H2,1-4H3. The lowest BCUT2D eigenvalue weighted by atomic mass is 9.98. The smallest absolute Gasteiger partial charge is 0.410 e. The summed E-state index contributed by atoms with van der Waals surface area (Å²) in [6, 6.07) is 6.70. The Morgan fingerprint density at radius 1 is 1.26 bits per heavy atom. The van der Waals surface area contributed by atoms with Gasteiger partial charge >= 0.3 is 12.1 Å². The van der Waals surface area contributed by atoms with Crippen LogP contribution in [-0.4, -0.2) is 49.4 Å². The highest BCUT2D eigenvalue weighted by atomic mass is 16.6. The van der Waals surface area contributed by atoms with Gasteiger partial charge in [-0.2, -0.15) is 5.26 Å². The van der Waals surface area contributed by atoms with Gasteiger partial charge in [0.15, 0.2) is 0 Å². The van der Waals surface area contributed by atoms with E-state index in [1.165, 1.54) is 13.2 Å². The van der Waals surface area contributed by atoms with Crippen LogP contribution in [-0.2, 0) is 9.47 Å². The normalized spacial score (nSPS) is 15.0. The molecule has 0 atom stereocenters. The molecule has 0 aliphatic carbocycles. The average Bonchev–Trinajstić information content (AvgIpc) is 2.64. The Labute approximate surface area is 159 Å². The molecule has 0 saturated carbocycles. The lowest BCUT2D eigenvalue weighted by Crippen LogP contribution is -2.42. The molecular formula is C20H26N2O5. The molecule has 0 bridgehead atoms.